The van der Waals surface area contributed by atoms with Gasteiger partial charge in [0.1, 0.15) is 23.4 Å². The van der Waals surface area contributed by atoms with Crippen molar-refractivity contribution >= 4 is 28.4 Å². The number of thiazole rings is 1. The summed E-state index contributed by atoms with van der Waals surface area (Å²) in [6.07, 6.45) is 3.68. The summed E-state index contributed by atoms with van der Waals surface area (Å²) in [5.74, 6) is 0.435. The summed E-state index contributed by atoms with van der Waals surface area (Å²) in [6, 6.07) is 13.5. The Hall–Kier alpha value is -3.65. The van der Waals surface area contributed by atoms with Crippen LogP contribution in [0.1, 0.15) is 23.7 Å². The van der Waals surface area contributed by atoms with Gasteiger partial charge in [-0.15, -0.1) is 0 Å². The first-order chi connectivity index (χ1) is 15.0. The molecule has 6 nitrogen and oxygen atoms in total. The fraction of sp³-hybridized carbons (Fsp3) is 0.130. The van der Waals surface area contributed by atoms with Gasteiger partial charge < -0.3 is 4.74 Å². The second-order valence-electron chi connectivity index (χ2n) is 7.22. The van der Waals surface area contributed by atoms with E-state index in [1.165, 1.54) is 12.1 Å². The number of rotatable bonds is 3. The van der Waals surface area contributed by atoms with E-state index in [2.05, 4.69) is 10.1 Å². The molecule has 0 spiro atoms. The number of aromatic nitrogens is 3. The molecule has 1 atom stereocenters. The first kappa shape index (κ1) is 19.3. The molecular weight excluding hydrogens is 417 g/mol. The third-order valence-electron chi connectivity index (χ3n) is 5.05. The normalized spacial score (nSPS) is 16.1. The first-order valence-electron chi connectivity index (χ1n) is 9.64. The number of hydrogen-bond donors (Lipinski definition) is 0. The molecule has 0 fully saturated rings. The summed E-state index contributed by atoms with van der Waals surface area (Å²) in [4.78, 5) is 29.6. The van der Waals surface area contributed by atoms with Gasteiger partial charge in [0.25, 0.3) is 11.1 Å². The zero-order valence-corrected chi connectivity index (χ0v) is 17.2. The summed E-state index contributed by atoms with van der Waals surface area (Å²) >= 11 is 1.11. The van der Waals surface area contributed by atoms with Crippen LogP contribution in [0.2, 0.25) is 0 Å². The molecule has 154 valence electrons. The highest BCUT2D eigenvalue weighted by atomic mass is 32.1. The number of para-hydroxylation sites is 1. The Kier molecular flexibility index (Phi) is 4.71. The minimum Gasteiger partial charge on any atom is -0.485 e. The molecule has 4 aromatic rings. The van der Waals surface area contributed by atoms with Gasteiger partial charge in [-0.2, -0.15) is 14.6 Å². The highest BCUT2D eigenvalue weighted by Gasteiger charge is 2.18. The standard InChI is InChI=1S/C23H16FN3O3S/c1-13-16(11-15-4-2-3-5-19(15)30-13)12-20-22(29)27-23(31-20)25-21(28)18(26-27)10-14-6-8-17(24)9-7-14/h2-9,11-13H,10H2,1H3/b20-12-/t13-/m0/s1. The molecule has 0 saturated heterocycles. The maximum absolute atomic E-state index is 13.1. The van der Waals surface area contributed by atoms with Crippen molar-refractivity contribution in [2.24, 2.45) is 0 Å². The smallest absolute Gasteiger partial charge is 0.296 e. The van der Waals surface area contributed by atoms with Crippen LogP contribution in [-0.4, -0.2) is 20.7 Å². The van der Waals surface area contributed by atoms with Gasteiger partial charge in [0, 0.05) is 12.0 Å². The summed E-state index contributed by atoms with van der Waals surface area (Å²) in [5.41, 5.74) is 1.77. The Balaban J connectivity index is 1.58. The van der Waals surface area contributed by atoms with Gasteiger partial charge in [0.05, 0.1) is 4.53 Å². The Morgan fingerprint density at radius 1 is 1.16 bits per heavy atom. The van der Waals surface area contributed by atoms with E-state index < -0.39 is 5.56 Å². The molecule has 2 aromatic heterocycles. The van der Waals surface area contributed by atoms with Crippen molar-refractivity contribution in [1.29, 1.82) is 0 Å². The van der Waals surface area contributed by atoms with Crippen LogP contribution in [0.3, 0.4) is 0 Å². The van der Waals surface area contributed by atoms with Crippen LogP contribution in [0.15, 0.2) is 63.7 Å². The Morgan fingerprint density at radius 2 is 1.94 bits per heavy atom. The van der Waals surface area contributed by atoms with E-state index >= 15 is 0 Å². The van der Waals surface area contributed by atoms with E-state index in [0.29, 0.717) is 10.1 Å². The van der Waals surface area contributed by atoms with Crippen LogP contribution in [0.25, 0.3) is 17.1 Å². The van der Waals surface area contributed by atoms with Crippen molar-refractivity contribution in [1.82, 2.24) is 14.6 Å². The van der Waals surface area contributed by atoms with Gasteiger partial charge in [0.2, 0.25) is 4.96 Å². The van der Waals surface area contributed by atoms with Crippen LogP contribution in [0.5, 0.6) is 5.75 Å². The minimum absolute atomic E-state index is 0.132. The largest absolute Gasteiger partial charge is 0.485 e. The van der Waals surface area contributed by atoms with E-state index in [1.54, 1.807) is 18.2 Å². The number of halogens is 1. The average Bonchev–Trinajstić information content (AvgIpc) is 3.05. The van der Waals surface area contributed by atoms with Crippen molar-refractivity contribution in [3.05, 3.63) is 102 Å². The monoisotopic (exact) mass is 433 g/mol. The molecule has 3 heterocycles. The fourth-order valence-corrected chi connectivity index (χ4v) is 4.32. The molecular formula is C23H16FN3O3S. The highest BCUT2D eigenvalue weighted by molar-refractivity contribution is 7.15. The predicted molar refractivity (Wildman–Crippen MR) is 117 cm³/mol. The Morgan fingerprint density at radius 3 is 2.74 bits per heavy atom. The Labute approximate surface area is 179 Å². The number of hydrogen-bond acceptors (Lipinski definition) is 6. The van der Waals surface area contributed by atoms with Crippen LogP contribution in [0, 0.1) is 5.82 Å². The third-order valence-corrected chi connectivity index (χ3v) is 6.01. The second-order valence-corrected chi connectivity index (χ2v) is 8.23. The van der Waals surface area contributed by atoms with Crippen molar-refractivity contribution in [2.45, 2.75) is 19.4 Å². The van der Waals surface area contributed by atoms with Gasteiger partial charge >= 0.3 is 0 Å². The number of nitrogens with zero attached hydrogens (tertiary/aromatic N) is 3. The molecule has 1 aliphatic rings. The summed E-state index contributed by atoms with van der Waals surface area (Å²) in [5, 5.41) is 4.24. The van der Waals surface area contributed by atoms with E-state index in [1.807, 2.05) is 37.3 Å². The molecule has 0 radical (unpaired) electrons. The zero-order chi connectivity index (χ0) is 21.5. The van der Waals surface area contributed by atoms with Crippen molar-refractivity contribution in [3.63, 3.8) is 0 Å². The first-order valence-corrected chi connectivity index (χ1v) is 10.5. The van der Waals surface area contributed by atoms with E-state index in [0.717, 1.165) is 32.7 Å². The van der Waals surface area contributed by atoms with Gasteiger partial charge in [-0.3, -0.25) is 9.59 Å². The topological polar surface area (TPSA) is 73.6 Å². The lowest BCUT2D eigenvalue weighted by Crippen LogP contribution is -2.29. The van der Waals surface area contributed by atoms with Crippen LogP contribution in [0.4, 0.5) is 4.39 Å². The summed E-state index contributed by atoms with van der Waals surface area (Å²) < 4.78 is 20.6. The molecule has 1 aliphatic heterocycles. The lowest BCUT2D eigenvalue weighted by Gasteiger charge is -2.22. The van der Waals surface area contributed by atoms with E-state index in [9.17, 15) is 14.0 Å². The number of ether oxygens (including phenoxy) is 1. The van der Waals surface area contributed by atoms with Gasteiger partial charge in [-0.25, -0.2) is 4.39 Å². The van der Waals surface area contributed by atoms with Gasteiger partial charge in [-0.05, 0) is 48.4 Å². The highest BCUT2D eigenvalue weighted by Crippen LogP contribution is 2.29. The summed E-state index contributed by atoms with van der Waals surface area (Å²) in [7, 11) is 0. The van der Waals surface area contributed by atoms with Crippen LogP contribution >= 0.6 is 11.3 Å². The SMILES string of the molecule is C[C@@H]1Oc2ccccc2C=C1/C=c1\sc2nc(=O)c(Cc3ccc(F)cc3)nn2c1=O. The maximum atomic E-state index is 13.1. The molecule has 8 heteroatoms. The molecule has 0 aliphatic carbocycles. The molecule has 0 bridgehead atoms. The molecule has 2 aromatic carbocycles. The van der Waals surface area contributed by atoms with E-state index in [4.69, 9.17) is 4.74 Å². The fourth-order valence-electron chi connectivity index (χ4n) is 3.42. The third kappa shape index (κ3) is 3.66. The van der Waals surface area contributed by atoms with Crippen LogP contribution in [-0.2, 0) is 6.42 Å². The lowest BCUT2D eigenvalue weighted by atomic mass is 10.0. The number of fused-ring (bicyclic) bond motifs is 2. The second kappa shape index (κ2) is 7.55. The predicted octanol–water partition coefficient (Wildman–Crippen LogP) is 2.61. The number of benzene rings is 2. The quantitative estimate of drug-likeness (QED) is 0.497. The molecule has 5 rings (SSSR count). The molecule has 0 N–H and O–H groups in total. The van der Waals surface area contributed by atoms with Crippen molar-refractivity contribution < 1.29 is 9.13 Å². The average molecular weight is 433 g/mol. The molecule has 0 unspecified atom stereocenters. The molecule has 0 saturated carbocycles. The Bertz CT molecular complexity index is 1510. The van der Waals surface area contributed by atoms with Gasteiger partial charge in [-0.1, -0.05) is 41.7 Å². The van der Waals surface area contributed by atoms with Gasteiger partial charge in [0.15, 0.2) is 0 Å². The van der Waals surface area contributed by atoms with Crippen LogP contribution < -0.4 is 20.4 Å². The maximum Gasteiger partial charge on any atom is 0.296 e. The lowest BCUT2D eigenvalue weighted by molar-refractivity contribution is 0.259. The van der Waals surface area contributed by atoms with Crippen molar-refractivity contribution in [2.75, 3.05) is 0 Å². The molecule has 31 heavy (non-hydrogen) atoms. The van der Waals surface area contributed by atoms with E-state index in [-0.39, 0.29) is 34.6 Å². The zero-order valence-electron chi connectivity index (χ0n) is 16.4. The minimum atomic E-state index is -0.500. The summed E-state index contributed by atoms with van der Waals surface area (Å²) in [6.45, 7) is 1.91. The van der Waals surface area contributed by atoms with Crippen molar-refractivity contribution in [3.8, 4) is 5.75 Å². The molecule has 0 amide bonds.